The Balaban J connectivity index is 1.79. The number of nitrogens with zero attached hydrogens (tertiary/aromatic N) is 2. The highest BCUT2D eigenvalue weighted by Crippen LogP contribution is 2.38. The highest BCUT2D eigenvalue weighted by Gasteiger charge is 2.38. The van der Waals surface area contributed by atoms with Crippen LogP contribution in [-0.4, -0.2) is 25.1 Å². The number of fused-ring (bicyclic) bond motifs is 1. The molecule has 0 saturated carbocycles. The van der Waals surface area contributed by atoms with Crippen LogP contribution in [0.5, 0.6) is 5.75 Å². The van der Waals surface area contributed by atoms with E-state index < -0.39 is 44.0 Å². The molecule has 0 unspecified atom stereocenters. The van der Waals surface area contributed by atoms with Crippen molar-refractivity contribution < 1.29 is 39.5 Å². The fourth-order valence-electron chi connectivity index (χ4n) is 3.74. The summed E-state index contributed by atoms with van der Waals surface area (Å²) in [6.07, 6.45) is -10.5. The van der Waals surface area contributed by atoms with E-state index in [1.165, 1.54) is 16.7 Å². The van der Waals surface area contributed by atoms with Crippen LogP contribution in [0.4, 0.5) is 32.0 Å². The van der Waals surface area contributed by atoms with E-state index >= 15 is 0 Å². The van der Waals surface area contributed by atoms with Crippen molar-refractivity contribution in [2.45, 2.75) is 24.2 Å². The molecule has 0 aliphatic carbocycles. The van der Waals surface area contributed by atoms with Crippen molar-refractivity contribution in [3.8, 4) is 11.4 Å². The SMILES string of the molecule is COc1cc(-n2c(C)nc3ccccc3c2=O)ccc1NS(=O)(=O)c1cc(C(F)(F)F)cc(C(F)(F)F)c1. The highest BCUT2D eigenvalue weighted by molar-refractivity contribution is 7.92. The summed E-state index contributed by atoms with van der Waals surface area (Å²) in [5, 5.41) is 0.312. The Hall–Kier alpha value is -4.07. The summed E-state index contributed by atoms with van der Waals surface area (Å²) in [5.41, 5.74) is -3.60. The van der Waals surface area contributed by atoms with Gasteiger partial charge in [0.05, 0.1) is 45.4 Å². The molecule has 7 nitrogen and oxygen atoms in total. The fraction of sp³-hybridized carbons (Fsp3) is 0.167. The van der Waals surface area contributed by atoms with Gasteiger partial charge in [0.25, 0.3) is 15.6 Å². The smallest absolute Gasteiger partial charge is 0.416 e. The normalized spacial score (nSPS) is 12.5. The number of hydrogen-bond acceptors (Lipinski definition) is 5. The number of sulfonamides is 1. The van der Waals surface area contributed by atoms with Gasteiger partial charge in [0.2, 0.25) is 0 Å². The van der Waals surface area contributed by atoms with Gasteiger partial charge < -0.3 is 4.74 Å². The molecule has 38 heavy (non-hydrogen) atoms. The van der Waals surface area contributed by atoms with Crippen molar-refractivity contribution in [1.82, 2.24) is 9.55 Å². The lowest BCUT2D eigenvalue weighted by atomic mass is 10.1. The Morgan fingerprint density at radius 1 is 0.895 bits per heavy atom. The second-order valence-electron chi connectivity index (χ2n) is 8.05. The zero-order valence-electron chi connectivity index (χ0n) is 19.5. The van der Waals surface area contributed by atoms with Crippen molar-refractivity contribution in [3.05, 3.63) is 88.0 Å². The minimum Gasteiger partial charge on any atom is -0.494 e. The lowest BCUT2D eigenvalue weighted by Crippen LogP contribution is -2.22. The summed E-state index contributed by atoms with van der Waals surface area (Å²) in [6.45, 7) is 1.57. The number of aromatic nitrogens is 2. The summed E-state index contributed by atoms with van der Waals surface area (Å²) < 4.78 is 113. The highest BCUT2D eigenvalue weighted by atomic mass is 32.2. The summed E-state index contributed by atoms with van der Waals surface area (Å²) in [7, 11) is -3.78. The van der Waals surface area contributed by atoms with Gasteiger partial charge in [0, 0.05) is 6.07 Å². The average Bonchev–Trinajstić information content (AvgIpc) is 2.83. The molecule has 1 N–H and O–H groups in total. The van der Waals surface area contributed by atoms with Gasteiger partial charge in [-0.15, -0.1) is 0 Å². The van der Waals surface area contributed by atoms with Gasteiger partial charge in [-0.25, -0.2) is 13.4 Å². The van der Waals surface area contributed by atoms with E-state index in [0.717, 1.165) is 13.2 Å². The second kappa shape index (κ2) is 9.35. The van der Waals surface area contributed by atoms with E-state index in [1.807, 2.05) is 4.72 Å². The Morgan fingerprint density at radius 2 is 1.50 bits per heavy atom. The Labute approximate surface area is 211 Å². The molecule has 4 aromatic rings. The number of alkyl halides is 6. The van der Waals surface area contributed by atoms with E-state index in [4.69, 9.17) is 4.74 Å². The summed E-state index contributed by atoms with van der Waals surface area (Å²) in [4.78, 5) is 16.2. The van der Waals surface area contributed by atoms with Gasteiger partial charge in [-0.3, -0.25) is 14.1 Å². The minimum atomic E-state index is -5.23. The van der Waals surface area contributed by atoms with Crippen molar-refractivity contribution in [2.75, 3.05) is 11.8 Å². The van der Waals surface area contributed by atoms with Crippen LogP contribution in [0.2, 0.25) is 0 Å². The first-order valence-corrected chi connectivity index (χ1v) is 12.1. The molecule has 200 valence electrons. The molecule has 0 radical (unpaired) electrons. The van der Waals surface area contributed by atoms with Gasteiger partial charge in [-0.2, -0.15) is 26.3 Å². The van der Waals surface area contributed by atoms with Gasteiger partial charge in [0.15, 0.2) is 0 Å². The van der Waals surface area contributed by atoms with Gasteiger partial charge >= 0.3 is 12.4 Å². The maximum atomic E-state index is 13.2. The number of halogens is 6. The first kappa shape index (κ1) is 27.0. The zero-order valence-corrected chi connectivity index (χ0v) is 20.3. The molecule has 0 bridgehead atoms. The van der Waals surface area contributed by atoms with Gasteiger partial charge in [-0.05, 0) is 49.4 Å². The number of benzene rings is 3. The monoisotopic (exact) mass is 557 g/mol. The van der Waals surface area contributed by atoms with Crippen molar-refractivity contribution in [3.63, 3.8) is 0 Å². The van der Waals surface area contributed by atoms with E-state index in [-0.39, 0.29) is 35.3 Å². The van der Waals surface area contributed by atoms with Gasteiger partial charge in [-0.1, -0.05) is 12.1 Å². The number of hydrogen-bond donors (Lipinski definition) is 1. The molecule has 0 amide bonds. The molecule has 0 spiro atoms. The molecule has 14 heteroatoms. The standard InChI is InChI=1S/C24H17F6N3O4S/c1-13-31-19-6-4-3-5-18(19)22(34)33(13)16-7-8-20(21(12-16)37-2)32-38(35,36)17-10-14(23(25,26)27)9-15(11-17)24(28,29)30/h3-12,32H,1-2H3. The second-order valence-corrected chi connectivity index (χ2v) is 9.73. The summed E-state index contributed by atoms with van der Waals surface area (Å²) in [5.74, 6) is 0.140. The molecule has 3 aromatic carbocycles. The van der Waals surface area contributed by atoms with E-state index in [0.29, 0.717) is 16.7 Å². The van der Waals surface area contributed by atoms with E-state index in [9.17, 15) is 39.6 Å². The number of anilines is 1. The third-order valence-corrected chi connectivity index (χ3v) is 6.85. The summed E-state index contributed by atoms with van der Waals surface area (Å²) >= 11 is 0. The Bertz CT molecular complexity index is 1680. The van der Waals surface area contributed by atoms with E-state index in [2.05, 4.69) is 4.98 Å². The number of ether oxygens (including phenoxy) is 1. The minimum absolute atomic E-state index is 0.0993. The third-order valence-electron chi connectivity index (χ3n) is 5.50. The predicted molar refractivity (Wildman–Crippen MR) is 126 cm³/mol. The number of aryl methyl sites for hydroxylation is 1. The molecule has 4 rings (SSSR count). The number of para-hydroxylation sites is 1. The molecule has 1 aromatic heterocycles. The average molecular weight is 557 g/mol. The third kappa shape index (κ3) is 5.16. The van der Waals surface area contributed by atoms with Crippen LogP contribution in [0.3, 0.4) is 0 Å². The maximum absolute atomic E-state index is 13.2. The maximum Gasteiger partial charge on any atom is 0.416 e. The first-order valence-electron chi connectivity index (χ1n) is 10.6. The molecule has 1 heterocycles. The van der Waals surface area contributed by atoms with Crippen LogP contribution in [0.25, 0.3) is 16.6 Å². The quantitative estimate of drug-likeness (QED) is 0.326. The molecule has 0 aliphatic rings. The van der Waals surface area contributed by atoms with Crippen molar-refractivity contribution >= 4 is 26.6 Å². The fourth-order valence-corrected chi connectivity index (χ4v) is 4.88. The van der Waals surface area contributed by atoms with Crippen LogP contribution in [0.1, 0.15) is 17.0 Å². The molecular weight excluding hydrogens is 540 g/mol. The number of nitrogens with one attached hydrogen (secondary N) is 1. The molecule has 0 fully saturated rings. The molecule has 0 aliphatic heterocycles. The summed E-state index contributed by atoms with van der Waals surface area (Å²) in [6, 6.07) is 10.4. The van der Waals surface area contributed by atoms with Crippen molar-refractivity contribution in [2.24, 2.45) is 0 Å². The van der Waals surface area contributed by atoms with Crippen LogP contribution in [0, 0.1) is 6.92 Å². The van der Waals surface area contributed by atoms with Crippen LogP contribution in [-0.2, 0) is 22.4 Å². The Kier molecular flexibility index (Phi) is 6.64. The first-order chi connectivity index (χ1) is 17.6. The molecule has 0 atom stereocenters. The largest absolute Gasteiger partial charge is 0.494 e. The van der Waals surface area contributed by atoms with Gasteiger partial charge in [0.1, 0.15) is 11.6 Å². The van der Waals surface area contributed by atoms with Crippen LogP contribution in [0.15, 0.2) is 70.4 Å². The topological polar surface area (TPSA) is 90.3 Å². The number of rotatable bonds is 5. The lowest BCUT2D eigenvalue weighted by Gasteiger charge is -2.17. The van der Waals surface area contributed by atoms with E-state index in [1.54, 1.807) is 31.2 Å². The molecular formula is C24H17F6N3O4S. The Morgan fingerprint density at radius 3 is 2.08 bits per heavy atom. The lowest BCUT2D eigenvalue weighted by molar-refractivity contribution is -0.143. The molecule has 0 saturated heterocycles. The van der Waals surface area contributed by atoms with Crippen LogP contribution < -0.4 is 15.0 Å². The van der Waals surface area contributed by atoms with Crippen molar-refractivity contribution in [1.29, 1.82) is 0 Å². The van der Waals surface area contributed by atoms with Crippen LogP contribution >= 0.6 is 0 Å². The number of methoxy groups -OCH3 is 1. The predicted octanol–water partition coefficient (Wildman–Crippen LogP) is 5.54. The zero-order chi connectivity index (χ0) is 28.0.